The molecule has 0 fully saturated rings. The number of methoxy groups -OCH3 is 1. The van der Waals surface area contributed by atoms with Crippen LogP contribution >= 0.6 is 11.6 Å². The van der Waals surface area contributed by atoms with E-state index in [1.807, 2.05) is 0 Å². The lowest BCUT2D eigenvalue weighted by Gasteiger charge is -2.12. The highest BCUT2D eigenvalue weighted by molar-refractivity contribution is 6.30. The van der Waals surface area contributed by atoms with Crippen molar-refractivity contribution in [1.29, 1.82) is 0 Å². The number of halogens is 2. The number of hydrogen-bond donors (Lipinski definition) is 2. The molecule has 24 heavy (non-hydrogen) atoms. The van der Waals surface area contributed by atoms with Gasteiger partial charge in [0, 0.05) is 10.7 Å². The first-order valence-electron chi connectivity index (χ1n) is 6.93. The molecule has 2 rings (SSSR count). The van der Waals surface area contributed by atoms with Crippen molar-refractivity contribution in [2.75, 3.05) is 12.4 Å². The fourth-order valence-electron chi connectivity index (χ4n) is 1.91. The molecule has 2 aromatic rings. The lowest BCUT2D eigenvalue weighted by molar-refractivity contribution is 0.413. The summed E-state index contributed by atoms with van der Waals surface area (Å²) in [6.07, 6.45) is 7.73. The fraction of sp³-hybridized carbons (Fsp3) is 0.0588. The van der Waals surface area contributed by atoms with Gasteiger partial charge in [-0.25, -0.2) is 14.4 Å². The van der Waals surface area contributed by atoms with Crippen molar-refractivity contribution in [2.45, 2.75) is 0 Å². The summed E-state index contributed by atoms with van der Waals surface area (Å²) >= 11 is 5.93. The Bertz CT molecular complexity index is 805. The SMILES string of the molecule is C=C/C=C(\C=C/N)Nc1nc(-c2cc(Cl)ccc2F)ncc1OC. The molecule has 5 nitrogen and oxygen atoms in total. The minimum absolute atomic E-state index is 0.174. The summed E-state index contributed by atoms with van der Waals surface area (Å²) in [5.74, 6) is 0.446. The molecule has 0 amide bonds. The van der Waals surface area contributed by atoms with E-state index in [9.17, 15) is 4.39 Å². The summed E-state index contributed by atoms with van der Waals surface area (Å²) in [6.45, 7) is 3.63. The third kappa shape index (κ3) is 4.11. The standard InChI is InChI=1S/C17H16ClFN4O/c1-3-4-12(7-8-20)22-17-15(24-2)10-21-16(23-17)13-9-11(18)5-6-14(13)19/h3-10H,1,20H2,2H3,(H,21,22,23)/b8-7-,12-4+. The topological polar surface area (TPSA) is 73.1 Å². The van der Waals surface area contributed by atoms with Gasteiger partial charge in [0.2, 0.25) is 0 Å². The summed E-state index contributed by atoms with van der Waals surface area (Å²) < 4.78 is 19.3. The number of anilines is 1. The molecule has 7 heteroatoms. The summed E-state index contributed by atoms with van der Waals surface area (Å²) in [4.78, 5) is 8.45. The highest BCUT2D eigenvalue weighted by Crippen LogP contribution is 2.28. The largest absolute Gasteiger partial charge is 0.491 e. The van der Waals surface area contributed by atoms with E-state index >= 15 is 0 Å². The Hall–Kier alpha value is -2.86. The van der Waals surface area contributed by atoms with Crippen LogP contribution in [0, 0.1) is 5.82 Å². The molecule has 1 heterocycles. The number of hydrogen-bond acceptors (Lipinski definition) is 5. The van der Waals surface area contributed by atoms with Crippen molar-refractivity contribution in [3.05, 3.63) is 71.9 Å². The van der Waals surface area contributed by atoms with Gasteiger partial charge in [-0.3, -0.25) is 0 Å². The maximum Gasteiger partial charge on any atom is 0.179 e. The van der Waals surface area contributed by atoms with Gasteiger partial charge in [-0.2, -0.15) is 0 Å². The first-order valence-corrected chi connectivity index (χ1v) is 7.31. The van der Waals surface area contributed by atoms with Crippen LogP contribution in [-0.2, 0) is 0 Å². The molecule has 1 aromatic heterocycles. The van der Waals surface area contributed by atoms with E-state index in [4.69, 9.17) is 22.1 Å². The third-order valence-corrected chi connectivity index (χ3v) is 3.22. The van der Waals surface area contributed by atoms with Gasteiger partial charge in [0.05, 0.1) is 18.9 Å². The number of aromatic nitrogens is 2. The molecule has 3 N–H and O–H groups in total. The van der Waals surface area contributed by atoms with E-state index in [2.05, 4.69) is 21.9 Å². The minimum atomic E-state index is -0.473. The Labute approximate surface area is 144 Å². The molecular weight excluding hydrogens is 331 g/mol. The Morgan fingerprint density at radius 1 is 1.46 bits per heavy atom. The van der Waals surface area contributed by atoms with Crippen molar-refractivity contribution in [3.63, 3.8) is 0 Å². The average molecular weight is 347 g/mol. The molecule has 0 aliphatic rings. The summed E-state index contributed by atoms with van der Waals surface area (Å²) in [7, 11) is 1.49. The molecule has 0 bridgehead atoms. The molecule has 1 aromatic carbocycles. The van der Waals surface area contributed by atoms with E-state index in [-0.39, 0.29) is 11.4 Å². The lowest BCUT2D eigenvalue weighted by atomic mass is 10.2. The fourth-order valence-corrected chi connectivity index (χ4v) is 2.09. The van der Waals surface area contributed by atoms with Gasteiger partial charge in [0.25, 0.3) is 0 Å². The molecular formula is C17H16ClFN4O. The van der Waals surface area contributed by atoms with Crippen molar-refractivity contribution in [3.8, 4) is 17.1 Å². The van der Waals surface area contributed by atoms with Gasteiger partial charge < -0.3 is 15.8 Å². The Balaban J connectivity index is 2.49. The molecule has 0 saturated carbocycles. The summed E-state index contributed by atoms with van der Waals surface area (Å²) in [5.41, 5.74) is 6.24. The van der Waals surface area contributed by atoms with Gasteiger partial charge in [0.15, 0.2) is 17.4 Å². The predicted octanol–water partition coefficient (Wildman–Crippen LogP) is 3.90. The van der Waals surface area contributed by atoms with Crippen LogP contribution in [0.4, 0.5) is 10.2 Å². The number of nitrogens with two attached hydrogens (primary N) is 1. The van der Waals surface area contributed by atoms with Crippen LogP contribution in [0.3, 0.4) is 0 Å². The minimum Gasteiger partial charge on any atom is -0.491 e. The van der Waals surface area contributed by atoms with Crippen LogP contribution in [-0.4, -0.2) is 17.1 Å². The van der Waals surface area contributed by atoms with E-state index in [0.29, 0.717) is 22.3 Å². The zero-order chi connectivity index (χ0) is 17.5. The first kappa shape index (κ1) is 17.5. The molecule has 0 saturated heterocycles. The first-order chi connectivity index (χ1) is 11.6. The smallest absolute Gasteiger partial charge is 0.179 e. The maximum absolute atomic E-state index is 14.0. The Morgan fingerprint density at radius 3 is 2.92 bits per heavy atom. The third-order valence-electron chi connectivity index (χ3n) is 2.98. The van der Waals surface area contributed by atoms with Gasteiger partial charge >= 0.3 is 0 Å². The lowest BCUT2D eigenvalue weighted by Crippen LogP contribution is -2.05. The molecule has 124 valence electrons. The van der Waals surface area contributed by atoms with E-state index in [1.54, 1.807) is 18.2 Å². The van der Waals surface area contributed by atoms with Gasteiger partial charge in [0.1, 0.15) is 5.82 Å². The number of rotatable bonds is 6. The van der Waals surface area contributed by atoms with Crippen molar-refractivity contribution in [2.24, 2.45) is 5.73 Å². The molecule has 0 atom stereocenters. The number of allylic oxidation sites excluding steroid dienone is 3. The molecule has 0 radical (unpaired) electrons. The molecule has 0 unspecified atom stereocenters. The quantitative estimate of drug-likeness (QED) is 0.776. The van der Waals surface area contributed by atoms with Crippen LogP contribution in [0.25, 0.3) is 11.4 Å². The van der Waals surface area contributed by atoms with Crippen LogP contribution < -0.4 is 15.8 Å². The van der Waals surface area contributed by atoms with Gasteiger partial charge in [-0.15, -0.1) is 0 Å². The number of ether oxygens (including phenoxy) is 1. The van der Waals surface area contributed by atoms with Crippen LogP contribution in [0.5, 0.6) is 5.75 Å². The Kier molecular flexibility index (Phi) is 5.92. The van der Waals surface area contributed by atoms with Crippen LogP contribution in [0.15, 0.2) is 61.1 Å². The highest BCUT2D eigenvalue weighted by atomic mass is 35.5. The van der Waals surface area contributed by atoms with E-state index in [0.717, 1.165) is 0 Å². The second kappa shape index (κ2) is 8.12. The summed E-state index contributed by atoms with van der Waals surface area (Å²) in [6, 6.07) is 4.18. The zero-order valence-electron chi connectivity index (χ0n) is 13.0. The second-order valence-electron chi connectivity index (χ2n) is 4.58. The second-order valence-corrected chi connectivity index (χ2v) is 5.01. The molecule has 0 aliphatic carbocycles. The molecule has 0 spiro atoms. The van der Waals surface area contributed by atoms with Crippen molar-refractivity contribution in [1.82, 2.24) is 9.97 Å². The van der Waals surface area contributed by atoms with Crippen molar-refractivity contribution >= 4 is 17.4 Å². The normalized spacial score (nSPS) is 11.5. The highest BCUT2D eigenvalue weighted by Gasteiger charge is 2.13. The number of nitrogens with one attached hydrogen (secondary N) is 1. The molecule has 0 aliphatic heterocycles. The zero-order valence-corrected chi connectivity index (χ0v) is 13.7. The maximum atomic E-state index is 14.0. The Morgan fingerprint density at radius 2 is 2.25 bits per heavy atom. The van der Waals surface area contributed by atoms with Gasteiger partial charge in [-0.05, 0) is 36.6 Å². The van der Waals surface area contributed by atoms with Crippen molar-refractivity contribution < 1.29 is 9.13 Å². The number of benzene rings is 1. The van der Waals surface area contributed by atoms with E-state index < -0.39 is 5.82 Å². The van der Waals surface area contributed by atoms with Gasteiger partial charge in [-0.1, -0.05) is 24.3 Å². The van der Waals surface area contributed by atoms with Crippen LogP contribution in [0.2, 0.25) is 5.02 Å². The van der Waals surface area contributed by atoms with Crippen LogP contribution in [0.1, 0.15) is 0 Å². The van der Waals surface area contributed by atoms with E-state index in [1.165, 1.54) is 37.7 Å². The summed E-state index contributed by atoms with van der Waals surface area (Å²) in [5, 5.41) is 3.42. The monoisotopic (exact) mass is 346 g/mol. The number of nitrogens with zero attached hydrogens (tertiary/aromatic N) is 2. The average Bonchev–Trinajstić information content (AvgIpc) is 2.57. The predicted molar refractivity (Wildman–Crippen MR) is 94.2 cm³/mol.